The van der Waals surface area contributed by atoms with Crippen molar-refractivity contribution < 1.29 is 5.12 Å². The zero-order valence-electron chi connectivity index (χ0n) is 6.46. The molecule has 1 aromatic rings. The van der Waals surface area contributed by atoms with Crippen LogP contribution >= 0.6 is 0 Å². The van der Waals surface area contributed by atoms with Crippen molar-refractivity contribution in [1.29, 1.82) is 0 Å². The molecule has 3 nitrogen and oxygen atoms in total. The van der Waals surface area contributed by atoms with Crippen LogP contribution in [-0.2, 0) is 0 Å². The summed E-state index contributed by atoms with van der Waals surface area (Å²) in [4.78, 5) is 0. The van der Waals surface area contributed by atoms with Gasteiger partial charge in [-0.3, -0.25) is 5.12 Å². The van der Waals surface area contributed by atoms with E-state index < -0.39 is 0 Å². The molecule has 1 heterocycles. The Balaban J connectivity index is 2.27. The van der Waals surface area contributed by atoms with Gasteiger partial charge in [-0.2, -0.15) is 0 Å². The van der Waals surface area contributed by atoms with Crippen molar-refractivity contribution in [3.63, 3.8) is 0 Å². The molecule has 0 radical (unpaired) electrons. The summed E-state index contributed by atoms with van der Waals surface area (Å²) in [5, 5.41) is 1.06. The molecular weight excluding hydrogens is 138 g/mol. The highest BCUT2D eigenvalue weighted by Crippen LogP contribution is 2.27. The summed E-state index contributed by atoms with van der Waals surface area (Å²) in [6.45, 7) is 3.06. The molecule has 3 heteroatoms. The maximum absolute atomic E-state index is 4.38. The van der Waals surface area contributed by atoms with E-state index in [1.54, 1.807) is 0 Å². The summed E-state index contributed by atoms with van der Waals surface area (Å²) in [5.41, 5.74) is 9.80. The Morgan fingerprint density at radius 3 is 3.00 bits per heavy atom. The molecule has 0 bridgehead atoms. The Labute approximate surface area is 66.0 Å². The number of hydrogen-bond acceptors (Lipinski definition) is 1. The summed E-state index contributed by atoms with van der Waals surface area (Å²) >= 11 is 0. The number of quaternary nitrogens is 1. The van der Waals surface area contributed by atoms with Gasteiger partial charge in [0.1, 0.15) is 0 Å². The Morgan fingerprint density at radius 1 is 1.45 bits per heavy atom. The molecule has 1 aliphatic heterocycles. The zero-order valence-corrected chi connectivity index (χ0v) is 6.46. The van der Waals surface area contributed by atoms with E-state index in [0.717, 1.165) is 23.0 Å². The summed E-state index contributed by atoms with van der Waals surface area (Å²) < 4.78 is 0. The van der Waals surface area contributed by atoms with Gasteiger partial charge in [0, 0.05) is 0 Å². The molecule has 1 aromatic carbocycles. The smallest absolute Gasteiger partial charge is 0.0916 e. The monoisotopic (exact) mass is 149 g/mol. The van der Waals surface area contributed by atoms with Gasteiger partial charge in [0.15, 0.2) is 0 Å². The molecule has 11 heavy (non-hydrogen) atoms. The highest BCUT2D eigenvalue weighted by Gasteiger charge is 2.07. The fraction of sp³-hybridized carbons (Fsp3) is 0.250. The van der Waals surface area contributed by atoms with E-state index >= 15 is 0 Å². The molecule has 0 spiro atoms. The van der Waals surface area contributed by atoms with Crippen LogP contribution in [0.3, 0.4) is 0 Å². The number of rotatable bonds is 1. The van der Waals surface area contributed by atoms with Gasteiger partial charge in [-0.25, -0.2) is 5.43 Å². The molecule has 58 valence electrons. The molecule has 1 atom stereocenters. The van der Waals surface area contributed by atoms with Gasteiger partial charge in [0.2, 0.25) is 0 Å². The lowest BCUT2D eigenvalue weighted by atomic mass is 10.3. The number of nitrogens with zero attached hydrogens (tertiary/aromatic N) is 1. The fourth-order valence-corrected chi connectivity index (χ4v) is 1.17. The van der Waals surface area contributed by atoms with Crippen molar-refractivity contribution in [3.8, 4) is 0 Å². The fourth-order valence-electron chi connectivity index (χ4n) is 1.17. The largest absolute Gasteiger partial charge is 0.460 e. The molecular formula is C8H11N3. The van der Waals surface area contributed by atoms with Gasteiger partial charge in [-0.1, -0.05) is 23.9 Å². The van der Waals surface area contributed by atoms with Gasteiger partial charge in [-0.15, -0.1) is 0 Å². The lowest BCUT2D eigenvalue weighted by molar-refractivity contribution is -0.828. The van der Waals surface area contributed by atoms with E-state index in [4.69, 9.17) is 0 Å². The van der Waals surface area contributed by atoms with E-state index in [9.17, 15) is 0 Å². The molecule has 0 saturated heterocycles. The molecule has 0 amide bonds. The van der Waals surface area contributed by atoms with Crippen molar-refractivity contribution in [2.75, 3.05) is 12.0 Å². The predicted molar refractivity (Wildman–Crippen MR) is 44.6 cm³/mol. The topological polar surface area (TPSA) is 30.6 Å². The van der Waals surface area contributed by atoms with Crippen LogP contribution in [0.1, 0.15) is 6.92 Å². The normalized spacial score (nSPS) is 20.3. The van der Waals surface area contributed by atoms with Gasteiger partial charge in [0.05, 0.1) is 12.2 Å². The second-order valence-electron chi connectivity index (χ2n) is 2.55. The van der Waals surface area contributed by atoms with Crippen LogP contribution in [0, 0.1) is 0 Å². The predicted octanol–water partition coefficient (Wildman–Crippen LogP) is 0.852. The first-order valence-electron chi connectivity index (χ1n) is 3.84. The van der Waals surface area contributed by atoms with Crippen LogP contribution in [0.4, 0.5) is 11.4 Å². The van der Waals surface area contributed by atoms with Crippen molar-refractivity contribution in [3.05, 3.63) is 29.7 Å². The summed E-state index contributed by atoms with van der Waals surface area (Å²) in [7, 11) is 0. The van der Waals surface area contributed by atoms with Crippen LogP contribution in [-0.4, -0.2) is 6.54 Å². The highest BCUT2D eigenvalue weighted by molar-refractivity contribution is 5.70. The minimum absolute atomic E-state index is 0.967. The number of anilines is 1. The standard InChI is InChI=1S/C8H11N3/c1-2-11-9-7-5-3-4-6-8(7)10-11/h3-6,9,11H,2H2,1H3. The third-order valence-corrected chi connectivity index (χ3v) is 1.77. The van der Waals surface area contributed by atoms with Crippen LogP contribution < -0.4 is 10.5 Å². The molecule has 0 aliphatic carbocycles. The Kier molecular flexibility index (Phi) is 1.43. The average Bonchev–Trinajstić information content (AvgIpc) is 2.46. The minimum Gasteiger partial charge on any atom is -0.460 e. The number of para-hydroxylation sites is 2. The summed E-state index contributed by atoms with van der Waals surface area (Å²) in [6.07, 6.45) is 0. The van der Waals surface area contributed by atoms with Crippen LogP contribution in [0.2, 0.25) is 0 Å². The van der Waals surface area contributed by atoms with Gasteiger partial charge >= 0.3 is 0 Å². The molecule has 2 rings (SSSR count). The Bertz CT molecular complexity index is 234. The SMILES string of the molecule is CC[NH+]1[N-]c2ccccc2N1. The van der Waals surface area contributed by atoms with Crippen LogP contribution in [0.5, 0.6) is 0 Å². The number of benzene rings is 1. The minimum atomic E-state index is 0.967. The van der Waals surface area contributed by atoms with E-state index in [1.807, 2.05) is 24.3 Å². The van der Waals surface area contributed by atoms with Gasteiger partial charge < -0.3 is 5.43 Å². The Hall–Kier alpha value is -1.22. The zero-order chi connectivity index (χ0) is 7.68. The van der Waals surface area contributed by atoms with Gasteiger partial charge in [0.25, 0.3) is 0 Å². The molecule has 0 fully saturated rings. The number of fused-ring (bicyclic) bond motifs is 1. The van der Waals surface area contributed by atoms with E-state index in [1.165, 1.54) is 0 Å². The van der Waals surface area contributed by atoms with Crippen LogP contribution in [0.15, 0.2) is 24.3 Å². The first-order valence-corrected chi connectivity index (χ1v) is 3.84. The van der Waals surface area contributed by atoms with Gasteiger partial charge in [-0.05, 0) is 13.0 Å². The third kappa shape index (κ3) is 1.03. The molecule has 2 N–H and O–H groups in total. The Morgan fingerprint density at radius 2 is 2.27 bits per heavy atom. The summed E-state index contributed by atoms with van der Waals surface area (Å²) in [5.74, 6) is 0. The molecule has 0 saturated carbocycles. The van der Waals surface area contributed by atoms with Crippen molar-refractivity contribution in [2.24, 2.45) is 0 Å². The summed E-state index contributed by atoms with van der Waals surface area (Å²) in [6, 6.07) is 8.08. The quantitative estimate of drug-likeness (QED) is 0.609. The third-order valence-electron chi connectivity index (χ3n) is 1.77. The van der Waals surface area contributed by atoms with E-state index in [2.05, 4.69) is 17.8 Å². The first kappa shape index (κ1) is 6.49. The lowest BCUT2D eigenvalue weighted by Gasteiger charge is -2.20. The molecule has 0 aromatic heterocycles. The maximum Gasteiger partial charge on any atom is 0.0916 e. The lowest BCUT2D eigenvalue weighted by Crippen LogP contribution is -3.09. The first-order chi connectivity index (χ1) is 5.40. The average molecular weight is 149 g/mol. The molecule has 1 aliphatic rings. The second kappa shape index (κ2) is 2.43. The highest BCUT2D eigenvalue weighted by atomic mass is 15.8. The second-order valence-corrected chi connectivity index (χ2v) is 2.55. The maximum atomic E-state index is 4.38. The number of hydrogen-bond donors (Lipinski definition) is 2. The number of nitrogens with one attached hydrogen (secondary N) is 2. The molecule has 1 unspecified atom stereocenters. The van der Waals surface area contributed by atoms with E-state index in [-0.39, 0.29) is 0 Å². The van der Waals surface area contributed by atoms with E-state index in [0.29, 0.717) is 0 Å². The van der Waals surface area contributed by atoms with Crippen molar-refractivity contribution in [2.45, 2.75) is 6.92 Å². The van der Waals surface area contributed by atoms with Crippen molar-refractivity contribution in [1.82, 2.24) is 0 Å². The van der Waals surface area contributed by atoms with Crippen molar-refractivity contribution >= 4 is 11.4 Å². The van der Waals surface area contributed by atoms with Crippen LogP contribution in [0.25, 0.3) is 5.43 Å².